The van der Waals surface area contributed by atoms with Crippen molar-refractivity contribution in [2.75, 3.05) is 0 Å². The normalized spacial score (nSPS) is 19.8. The number of ether oxygens (including phenoxy) is 1. The second-order valence-corrected chi connectivity index (χ2v) is 4.93. The molecule has 1 aliphatic rings. The van der Waals surface area contributed by atoms with Gasteiger partial charge in [-0.1, -0.05) is 31.5 Å². The highest BCUT2D eigenvalue weighted by atomic mass is 16.5. The van der Waals surface area contributed by atoms with Crippen molar-refractivity contribution >= 4 is 0 Å². The third-order valence-electron chi connectivity index (χ3n) is 3.40. The lowest BCUT2D eigenvalue weighted by Crippen LogP contribution is -2.14. The predicted molar refractivity (Wildman–Crippen MR) is 69.3 cm³/mol. The number of rotatable bonds is 6. The van der Waals surface area contributed by atoms with E-state index in [4.69, 9.17) is 4.74 Å². The molecule has 1 N–H and O–H groups in total. The summed E-state index contributed by atoms with van der Waals surface area (Å²) in [7, 11) is 0. The van der Waals surface area contributed by atoms with E-state index < -0.39 is 0 Å². The first-order valence-electron chi connectivity index (χ1n) is 6.72. The highest BCUT2D eigenvalue weighted by Crippen LogP contribution is 2.30. The van der Waals surface area contributed by atoms with Crippen LogP contribution in [-0.4, -0.2) is 17.3 Å². The molecular formula is C15H22O2. The van der Waals surface area contributed by atoms with E-state index in [1.807, 2.05) is 12.1 Å². The Morgan fingerprint density at radius 2 is 2.18 bits per heavy atom. The monoisotopic (exact) mass is 234 g/mol. The maximum atomic E-state index is 9.66. The summed E-state index contributed by atoms with van der Waals surface area (Å²) in [6, 6.07) is 8.27. The second kappa shape index (κ2) is 6.06. The van der Waals surface area contributed by atoms with Gasteiger partial charge in [0.1, 0.15) is 11.9 Å². The Hall–Kier alpha value is -1.02. The number of benzene rings is 1. The number of para-hydroxylation sites is 1. The van der Waals surface area contributed by atoms with Gasteiger partial charge in [0.05, 0.1) is 6.10 Å². The van der Waals surface area contributed by atoms with E-state index in [-0.39, 0.29) is 6.10 Å². The van der Waals surface area contributed by atoms with E-state index >= 15 is 0 Å². The van der Waals surface area contributed by atoms with Gasteiger partial charge in [0.25, 0.3) is 0 Å². The van der Waals surface area contributed by atoms with Gasteiger partial charge in [0.15, 0.2) is 0 Å². The van der Waals surface area contributed by atoms with Crippen LogP contribution in [0.4, 0.5) is 0 Å². The van der Waals surface area contributed by atoms with Gasteiger partial charge >= 0.3 is 0 Å². The van der Waals surface area contributed by atoms with Crippen LogP contribution >= 0.6 is 0 Å². The number of aliphatic hydroxyl groups excluding tert-OH is 1. The van der Waals surface area contributed by atoms with Gasteiger partial charge in [-0.3, -0.25) is 0 Å². The molecule has 17 heavy (non-hydrogen) atoms. The lowest BCUT2D eigenvalue weighted by Gasteiger charge is -2.12. The smallest absolute Gasteiger partial charge is 0.123 e. The van der Waals surface area contributed by atoms with Crippen LogP contribution in [0.2, 0.25) is 0 Å². The van der Waals surface area contributed by atoms with Gasteiger partial charge in [-0.2, -0.15) is 0 Å². The number of fused-ring (bicyclic) bond motifs is 1. The fourth-order valence-corrected chi connectivity index (χ4v) is 2.47. The first-order valence-corrected chi connectivity index (χ1v) is 6.72. The summed E-state index contributed by atoms with van der Waals surface area (Å²) in [5, 5.41) is 9.66. The minimum atomic E-state index is -0.122. The molecule has 1 aromatic rings. The van der Waals surface area contributed by atoms with Crippen molar-refractivity contribution in [3.05, 3.63) is 29.8 Å². The lowest BCUT2D eigenvalue weighted by atomic mass is 10.0. The van der Waals surface area contributed by atoms with Crippen LogP contribution in [-0.2, 0) is 6.42 Å². The van der Waals surface area contributed by atoms with E-state index in [1.54, 1.807) is 0 Å². The molecule has 0 saturated carbocycles. The predicted octanol–water partition coefficient (Wildman–Crippen LogP) is 3.32. The molecule has 0 amide bonds. The van der Waals surface area contributed by atoms with Crippen LogP contribution in [0.1, 0.15) is 44.6 Å². The molecule has 0 bridgehead atoms. The Kier molecular flexibility index (Phi) is 4.43. The molecule has 0 radical (unpaired) electrons. The number of hydrogen-bond acceptors (Lipinski definition) is 2. The Bertz CT molecular complexity index is 324. The van der Waals surface area contributed by atoms with E-state index in [0.717, 1.165) is 44.3 Å². The summed E-state index contributed by atoms with van der Waals surface area (Å²) in [6.07, 6.45) is 6.22. The van der Waals surface area contributed by atoms with E-state index in [9.17, 15) is 5.11 Å². The summed E-state index contributed by atoms with van der Waals surface area (Å²) in [4.78, 5) is 0. The maximum Gasteiger partial charge on any atom is 0.123 e. The standard InChI is InChI=1S/C15H22O2/c1-2-6-13(16)8-5-9-14-11-12-7-3-4-10-15(12)17-14/h3-4,7,10,13-14,16H,2,5-6,8-9,11H2,1H3. The topological polar surface area (TPSA) is 29.5 Å². The molecule has 0 aromatic heterocycles. The molecule has 0 fully saturated rings. The highest BCUT2D eigenvalue weighted by molar-refractivity contribution is 5.37. The molecule has 2 nitrogen and oxygen atoms in total. The first kappa shape index (κ1) is 12.4. The van der Waals surface area contributed by atoms with E-state index in [2.05, 4.69) is 19.1 Å². The molecule has 0 aliphatic carbocycles. The lowest BCUT2D eigenvalue weighted by molar-refractivity contribution is 0.141. The molecule has 2 unspecified atom stereocenters. The van der Waals surface area contributed by atoms with Gasteiger partial charge < -0.3 is 9.84 Å². The summed E-state index contributed by atoms with van der Waals surface area (Å²) in [5.74, 6) is 1.05. The summed E-state index contributed by atoms with van der Waals surface area (Å²) < 4.78 is 5.87. The van der Waals surface area contributed by atoms with Gasteiger partial charge in [0, 0.05) is 6.42 Å². The third-order valence-corrected chi connectivity index (χ3v) is 3.40. The SMILES string of the molecule is CCCC(O)CCCC1Cc2ccccc2O1. The fraction of sp³-hybridized carbons (Fsp3) is 0.600. The maximum absolute atomic E-state index is 9.66. The zero-order valence-electron chi connectivity index (χ0n) is 10.6. The van der Waals surface area contributed by atoms with Crippen molar-refractivity contribution in [2.24, 2.45) is 0 Å². The van der Waals surface area contributed by atoms with Crippen LogP contribution in [0.15, 0.2) is 24.3 Å². The molecule has 2 rings (SSSR count). The zero-order valence-corrected chi connectivity index (χ0v) is 10.6. The molecule has 1 aliphatic heterocycles. The molecule has 2 atom stereocenters. The Balaban J connectivity index is 1.70. The number of hydrogen-bond donors (Lipinski definition) is 1. The second-order valence-electron chi connectivity index (χ2n) is 4.93. The Labute approximate surface area is 104 Å². The molecule has 0 saturated heterocycles. The van der Waals surface area contributed by atoms with Crippen molar-refractivity contribution in [3.8, 4) is 5.75 Å². The van der Waals surface area contributed by atoms with Crippen molar-refractivity contribution in [2.45, 2.75) is 57.7 Å². The van der Waals surface area contributed by atoms with Crippen LogP contribution in [0.3, 0.4) is 0 Å². The van der Waals surface area contributed by atoms with Gasteiger partial charge in [-0.25, -0.2) is 0 Å². The minimum Gasteiger partial charge on any atom is -0.490 e. The molecule has 2 heteroatoms. The third kappa shape index (κ3) is 3.47. The van der Waals surface area contributed by atoms with Gasteiger partial charge in [0.2, 0.25) is 0 Å². The van der Waals surface area contributed by atoms with Gasteiger partial charge in [-0.05, 0) is 37.3 Å². The Morgan fingerprint density at radius 1 is 1.35 bits per heavy atom. The van der Waals surface area contributed by atoms with Crippen LogP contribution in [0.5, 0.6) is 5.75 Å². The Morgan fingerprint density at radius 3 is 2.94 bits per heavy atom. The quantitative estimate of drug-likeness (QED) is 0.818. The zero-order chi connectivity index (χ0) is 12.1. The van der Waals surface area contributed by atoms with Crippen molar-refractivity contribution in [1.82, 2.24) is 0 Å². The van der Waals surface area contributed by atoms with E-state index in [0.29, 0.717) is 6.10 Å². The largest absolute Gasteiger partial charge is 0.490 e. The minimum absolute atomic E-state index is 0.122. The van der Waals surface area contributed by atoms with E-state index in [1.165, 1.54) is 5.56 Å². The first-order chi connectivity index (χ1) is 8.29. The van der Waals surface area contributed by atoms with Crippen LogP contribution in [0, 0.1) is 0 Å². The van der Waals surface area contributed by atoms with Crippen LogP contribution in [0.25, 0.3) is 0 Å². The van der Waals surface area contributed by atoms with Crippen LogP contribution < -0.4 is 4.74 Å². The molecule has 94 valence electrons. The van der Waals surface area contributed by atoms with Gasteiger partial charge in [-0.15, -0.1) is 0 Å². The average molecular weight is 234 g/mol. The highest BCUT2D eigenvalue weighted by Gasteiger charge is 2.21. The summed E-state index contributed by atoms with van der Waals surface area (Å²) >= 11 is 0. The average Bonchev–Trinajstić information content (AvgIpc) is 2.71. The summed E-state index contributed by atoms with van der Waals surface area (Å²) in [6.45, 7) is 2.11. The molecule has 1 aromatic carbocycles. The van der Waals surface area contributed by atoms with Crippen molar-refractivity contribution in [1.29, 1.82) is 0 Å². The summed E-state index contributed by atoms with van der Waals surface area (Å²) in [5.41, 5.74) is 1.33. The fourth-order valence-electron chi connectivity index (χ4n) is 2.47. The molecule has 1 heterocycles. The van der Waals surface area contributed by atoms with Crippen molar-refractivity contribution < 1.29 is 9.84 Å². The van der Waals surface area contributed by atoms with Crippen molar-refractivity contribution in [3.63, 3.8) is 0 Å². The molecular weight excluding hydrogens is 212 g/mol. The molecule has 0 spiro atoms. The number of aliphatic hydroxyl groups is 1.